The van der Waals surface area contributed by atoms with Gasteiger partial charge in [-0.3, -0.25) is 9.80 Å². The Morgan fingerprint density at radius 1 is 0.933 bits per heavy atom. The zero-order valence-corrected chi connectivity index (χ0v) is 10.2. The molecule has 2 heteroatoms. The lowest BCUT2D eigenvalue weighted by atomic mass is 10.1. The van der Waals surface area contributed by atoms with Gasteiger partial charge in [0, 0.05) is 37.8 Å². The van der Waals surface area contributed by atoms with E-state index >= 15 is 0 Å². The first-order chi connectivity index (χ1) is 7.04. The van der Waals surface area contributed by atoms with Crippen LogP contribution in [0.3, 0.4) is 0 Å². The maximum absolute atomic E-state index is 2.69. The lowest BCUT2D eigenvalue weighted by molar-refractivity contribution is 0.168. The average Bonchev–Trinajstić information content (AvgIpc) is 2.74. The van der Waals surface area contributed by atoms with Crippen LogP contribution >= 0.6 is 0 Å². The first kappa shape index (κ1) is 9.86. The molecule has 0 amide bonds. The van der Waals surface area contributed by atoms with Gasteiger partial charge in [0.25, 0.3) is 0 Å². The van der Waals surface area contributed by atoms with Crippen LogP contribution in [0, 0.1) is 0 Å². The third kappa shape index (κ3) is 1.74. The van der Waals surface area contributed by atoms with Crippen LogP contribution in [0.5, 0.6) is 0 Å². The summed E-state index contributed by atoms with van der Waals surface area (Å²) in [6, 6.07) is 0.943. The molecule has 0 aromatic carbocycles. The maximum atomic E-state index is 2.69. The van der Waals surface area contributed by atoms with Crippen molar-refractivity contribution in [2.24, 2.45) is 0 Å². The largest absolute Gasteiger partial charge is 0.292 e. The fourth-order valence-electron chi connectivity index (χ4n) is 2.78. The molecule has 84 valence electrons. The third-order valence-electron chi connectivity index (χ3n) is 4.06. The Bertz CT molecular complexity index is 289. The first-order valence-corrected chi connectivity index (χ1v) is 6.23. The van der Waals surface area contributed by atoms with Crippen molar-refractivity contribution < 1.29 is 0 Å². The molecule has 0 bridgehead atoms. The number of hydrogen-bond donors (Lipinski definition) is 0. The molecule has 0 N–H and O–H groups in total. The van der Waals surface area contributed by atoms with Crippen molar-refractivity contribution in [2.75, 3.05) is 26.2 Å². The van der Waals surface area contributed by atoms with Crippen LogP contribution in [0.4, 0.5) is 0 Å². The molecule has 0 spiro atoms. The highest BCUT2D eigenvalue weighted by Crippen LogP contribution is 2.36. The summed E-state index contributed by atoms with van der Waals surface area (Å²) in [4.78, 5) is 5.30. The molecule has 1 aliphatic carbocycles. The van der Waals surface area contributed by atoms with Gasteiger partial charge in [-0.2, -0.15) is 0 Å². The average molecular weight is 206 g/mol. The Morgan fingerprint density at radius 3 is 1.87 bits per heavy atom. The van der Waals surface area contributed by atoms with Gasteiger partial charge in [0.05, 0.1) is 0 Å². The van der Waals surface area contributed by atoms with Gasteiger partial charge in [-0.25, -0.2) is 0 Å². The Balaban J connectivity index is 1.63. The predicted molar refractivity (Wildman–Crippen MR) is 62.9 cm³/mol. The summed E-state index contributed by atoms with van der Waals surface area (Å²) in [5, 5.41) is 0. The van der Waals surface area contributed by atoms with Crippen LogP contribution in [0.25, 0.3) is 0 Å². The Kier molecular flexibility index (Phi) is 2.02. The van der Waals surface area contributed by atoms with Gasteiger partial charge in [0.15, 0.2) is 0 Å². The molecule has 1 fully saturated rings. The SMILES string of the molecule is CC(C)(C)N1CC2=C(CN(C3CC3)C2)C1. The lowest BCUT2D eigenvalue weighted by Gasteiger charge is -2.33. The molecule has 0 radical (unpaired) electrons. The highest BCUT2D eigenvalue weighted by molar-refractivity contribution is 5.31. The third-order valence-corrected chi connectivity index (χ3v) is 4.06. The molecule has 2 nitrogen and oxygen atoms in total. The molecule has 1 saturated carbocycles. The van der Waals surface area contributed by atoms with Crippen molar-refractivity contribution in [3.63, 3.8) is 0 Å². The number of hydrogen-bond acceptors (Lipinski definition) is 2. The van der Waals surface area contributed by atoms with E-state index in [1.807, 2.05) is 0 Å². The van der Waals surface area contributed by atoms with Gasteiger partial charge in [-0.15, -0.1) is 0 Å². The van der Waals surface area contributed by atoms with Crippen molar-refractivity contribution in [2.45, 2.75) is 45.2 Å². The van der Waals surface area contributed by atoms with Crippen LogP contribution < -0.4 is 0 Å². The van der Waals surface area contributed by atoms with E-state index in [0.29, 0.717) is 5.54 Å². The van der Waals surface area contributed by atoms with E-state index in [-0.39, 0.29) is 0 Å². The molecule has 2 aliphatic heterocycles. The maximum Gasteiger partial charge on any atom is 0.0217 e. The highest BCUT2D eigenvalue weighted by Gasteiger charge is 2.39. The number of rotatable bonds is 1. The molecule has 0 aromatic rings. The summed E-state index contributed by atoms with van der Waals surface area (Å²) in [6.45, 7) is 12.0. The van der Waals surface area contributed by atoms with Gasteiger partial charge >= 0.3 is 0 Å². The van der Waals surface area contributed by atoms with Crippen LogP contribution in [0.1, 0.15) is 33.6 Å². The fraction of sp³-hybridized carbons (Fsp3) is 0.846. The van der Waals surface area contributed by atoms with Gasteiger partial charge in [0.1, 0.15) is 0 Å². The van der Waals surface area contributed by atoms with Gasteiger partial charge < -0.3 is 0 Å². The normalized spacial score (nSPS) is 29.0. The minimum atomic E-state index is 0.342. The molecule has 0 saturated heterocycles. The fourth-order valence-corrected chi connectivity index (χ4v) is 2.78. The molecule has 3 rings (SSSR count). The van der Waals surface area contributed by atoms with Gasteiger partial charge in [0.2, 0.25) is 0 Å². The van der Waals surface area contributed by atoms with Crippen LogP contribution in [0.2, 0.25) is 0 Å². The van der Waals surface area contributed by atoms with E-state index in [0.717, 1.165) is 6.04 Å². The number of nitrogens with zero attached hydrogens (tertiary/aromatic N) is 2. The molecule has 2 heterocycles. The van der Waals surface area contributed by atoms with Crippen LogP contribution in [-0.4, -0.2) is 47.6 Å². The summed E-state index contributed by atoms with van der Waals surface area (Å²) in [6.07, 6.45) is 2.90. The second-order valence-electron chi connectivity index (χ2n) is 6.37. The summed E-state index contributed by atoms with van der Waals surface area (Å²) < 4.78 is 0. The van der Waals surface area contributed by atoms with E-state index < -0.39 is 0 Å². The standard InChI is InChI=1S/C13H22N2/c1-13(2,3)15-8-10-6-14(12-4-5-12)7-11(10)9-15/h12H,4-9H2,1-3H3. The Labute approximate surface area is 92.9 Å². The van der Waals surface area contributed by atoms with E-state index in [9.17, 15) is 0 Å². The van der Waals surface area contributed by atoms with Crippen molar-refractivity contribution in [3.05, 3.63) is 11.1 Å². The van der Waals surface area contributed by atoms with E-state index in [2.05, 4.69) is 30.6 Å². The molecule has 0 unspecified atom stereocenters. The van der Waals surface area contributed by atoms with Crippen molar-refractivity contribution in [1.82, 2.24) is 9.80 Å². The second kappa shape index (κ2) is 3.08. The summed E-state index contributed by atoms with van der Waals surface area (Å²) in [5.41, 5.74) is 3.81. The van der Waals surface area contributed by atoms with Crippen LogP contribution in [0.15, 0.2) is 11.1 Å². The van der Waals surface area contributed by atoms with E-state index in [1.165, 1.54) is 39.0 Å². The van der Waals surface area contributed by atoms with Crippen molar-refractivity contribution >= 4 is 0 Å². The molecule has 15 heavy (non-hydrogen) atoms. The second-order valence-corrected chi connectivity index (χ2v) is 6.37. The van der Waals surface area contributed by atoms with Gasteiger partial charge in [-0.1, -0.05) is 0 Å². The topological polar surface area (TPSA) is 6.48 Å². The lowest BCUT2D eigenvalue weighted by Crippen LogP contribution is -2.42. The molecular formula is C13H22N2. The zero-order chi connectivity index (χ0) is 10.6. The summed E-state index contributed by atoms with van der Waals surface area (Å²) in [7, 11) is 0. The van der Waals surface area contributed by atoms with Crippen LogP contribution in [-0.2, 0) is 0 Å². The quantitative estimate of drug-likeness (QED) is 0.604. The summed E-state index contributed by atoms with van der Waals surface area (Å²) in [5.74, 6) is 0. The smallest absolute Gasteiger partial charge is 0.0217 e. The minimum absolute atomic E-state index is 0.342. The highest BCUT2D eigenvalue weighted by atomic mass is 15.3. The van der Waals surface area contributed by atoms with Crippen molar-refractivity contribution in [1.29, 1.82) is 0 Å². The first-order valence-electron chi connectivity index (χ1n) is 6.23. The Morgan fingerprint density at radius 2 is 1.47 bits per heavy atom. The van der Waals surface area contributed by atoms with E-state index in [1.54, 1.807) is 11.1 Å². The molecule has 0 aromatic heterocycles. The molecule has 0 atom stereocenters. The summed E-state index contributed by atoms with van der Waals surface area (Å²) >= 11 is 0. The van der Waals surface area contributed by atoms with Gasteiger partial charge in [-0.05, 0) is 44.8 Å². The molecule has 3 aliphatic rings. The molecular weight excluding hydrogens is 184 g/mol. The van der Waals surface area contributed by atoms with E-state index in [4.69, 9.17) is 0 Å². The zero-order valence-electron chi connectivity index (χ0n) is 10.2. The van der Waals surface area contributed by atoms with Crippen molar-refractivity contribution in [3.8, 4) is 0 Å². The monoisotopic (exact) mass is 206 g/mol. The predicted octanol–water partition coefficient (Wildman–Crippen LogP) is 1.88. The minimum Gasteiger partial charge on any atom is -0.292 e. The Hall–Kier alpha value is -0.340.